The zero-order valence-electron chi connectivity index (χ0n) is 17.6. The number of amides is 1. The van der Waals surface area contributed by atoms with Crippen molar-refractivity contribution in [2.24, 2.45) is 0 Å². The molecule has 1 unspecified atom stereocenters. The number of ether oxygens (including phenoxy) is 1. The highest BCUT2D eigenvalue weighted by atomic mass is 32.1. The molecular weight excluding hydrogens is 428 g/mol. The minimum Gasteiger partial charge on any atom is -0.478 e. The van der Waals surface area contributed by atoms with Crippen molar-refractivity contribution in [2.75, 3.05) is 25.0 Å². The van der Waals surface area contributed by atoms with Crippen LogP contribution in [0.3, 0.4) is 0 Å². The molecule has 5 rings (SSSR count). The number of fused-ring (bicyclic) bond motifs is 2. The Morgan fingerprint density at radius 1 is 1.25 bits per heavy atom. The molecule has 0 bridgehead atoms. The third-order valence-corrected chi connectivity index (χ3v) is 7.32. The number of aromatic carboxylic acids is 1. The van der Waals surface area contributed by atoms with Crippen molar-refractivity contribution < 1.29 is 19.4 Å². The minimum atomic E-state index is -0.927. The zero-order chi connectivity index (χ0) is 22.1. The molecule has 168 valence electrons. The Kier molecular flexibility index (Phi) is 5.86. The summed E-state index contributed by atoms with van der Waals surface area (Å²) >= 11 is 1.45. The number of hydrogen-bond donors (Lipinski definition) is 5. The van der Waals surface area contributed by atoms with E-state index in [1.165, 1.54) is 11.3 Å². The van der Waals surface area contributed by atoms with Gasteiger partial charge in [-0.15, -0.1) is 11.3 Å². The van der Waals surface area contributed by atoms with E-state index in [-0.39, 0.29) is 18.2 Å². The third-order valence-electron chi connectivity index (χ3n) is 6.05. The van der Waals surface area contributed by atoms with Crippen LogP contribution in [0.2, 0.25) is 0 Å². The first-order valence-corrected chi connectivity index (χ1v) is 11.8. The van der Waals surface area contributed by atoms with E-state index in [0.29, 0.717) is 42.4 Å². The fourth-order valence-electron chi connectivity index (χ4n) is 4.46. The van der Waals surface area contributed by atoms with Crippen molar-refractivity contribution in [1.82, 2.24) is 15.6 Å². The van der Waals surface area contributed by atoms with Crippen LogP contribution in [0.5, 0.6) is 0 Å². The number of rotatable bonds is 6. The number of aromatic nitrogens is 1. The van der Waals surface area contributed by atoms with Crippen LogP contribution in [0, 0.1) is 0 Å². The standard InChI is InChI=1S/C23H26N4O4S/c28-21(16-11-13-5-1-2-6-15(13)26-16)25-12-17-20-14(8-9-24-17)19(23(29)30)22(32-20)27-18-7-3-4-10-31-18/h1-2,5-6,11,17-18,24,26-27H,3-4,7-10,12H2,(H,25,28)(H,29,30)/t17-,18?/m0/s1. The first kappa shape index (κ1) is 21.0. The van der Waals surface area contributed by atoms with Crippen molar-refractivity contribution >= 4 is 39.1 Å². The van der Waals surface area contributed by atoms with Gasteiger partial charge in [-0.2, -0.15) is 0 Å². The number of anilines is 1. The number of carbonyl (C=O) groups is 2. The maximum atomic E-state index is 12.7. The predicted molar refractivity (Wildman–Crippen MR) is 124 cm³/mol. The quantitative estimate of drug-likeness (QED) is 0.390. The molecule has 1 saturated heterocycles. The highest BCUT2D eigenvalue weighted by molar-refractivity contribution is 7.16. The average molecular weight is 455 g/mol. The van der Waals surface area contributed by atoms with E-state index >= 15 is 0 Å². The smallest absolute Gasteiger partial charge is 0.338 e. The number of para-hydroxylation sites is 1. The second-order valence-corrected chi connectivity index (χ2v) is 9.24. The van der Waals surface area contributed by atoms with Crippen molar-refractivity contribution in [3.63, 3.8) is 0 Å². The maximum absolute atomic E-state index is 12.7. The monoisotopic (exact) mass is 454 g/mol. The van der Waals surface area contributed by atoms with Gasteiger partial charge in [0.05, 0.1) is 11.6 Å². The summed E-state index contributed by atoms with van der Waals surface area (Å²) in [5, 5.41) is 21.3. The number of H-pyrrole nitrogens is 1. The molecule has 2 aliphatic heterocycles. The third kappa shape index (κ3) is 4.11. The SMILES string of the molecule is O=C(NC[C@@H]1NCCc2c1sc(NC1CCCCO1)c2C(=O)O)c1cc2ccccc2[nH]1. The van der Waals surface area contributed by atoms with Crippen molar-refractivity contribution in [3.8, 4) is 0 Å². The van der Waals surface area contributed by atoms with E-state index in [9.17, 15) is 14.7 Å². The largest absolute Gasteiger partial charge is 0.478 e. The number of carbonyl (C=O) groups excluding carboxylic acids is 1. The molecule has 5 N–H and O–H groups in total. The van der Waals surface area contributed by atoms with Gasteiger partial charge in [-0.3, -0.25) is 4.79 Å². The van der Waals surface area contributed by atoms with Gasteiger partial charge in [-0.05, 0) is 49.9 Å². The second-order valence-electron chi connectivity index (χ2n) is 8.19. The molecule has 2 aromatic heterocycles. The number of hydrogen-bond acceptors (Lipinski definition) is 6. The summed E-state index contributed by atoms with van der Waals surface area (Å²) in [7, 11) is 0. The van der Waals surface area contributed by atoms with Crippen LogP contribution in [0.1, 0.15) is 56.6 Å². The molecule has 1 fully saturated rings. The van der Waals surface area contributed by atoms with Crippen LogP contribution in [0.4, 0.5) is 5.00 Å². The lowest BCUT2D eigenvalue weighted by atomic mass is 9.99. The fraction of sp³-hybridized carbons (Fsp3) is 0.391. The first-order chi connectivity index (χ1) is 15.6. The lowest BCUT2D eigenvalue weighted by Crippen LogP contribution is -2.38. The number of carboxylic acid groups (broad SMARTS) is 1. The molecule has 3 aromatic rings. The van der Waals surface area contributed by atoms with E-state index < -0.39 is 5.97 Å². The van der Waals surface area contributed by atoms with Crippen LogP contribution in [-0.2, 0) is 11.2 Å². The topological polar surface area (TPSA) is 115 Å². The van der Waals surface area contributed by atoms with E-state index in [0.717, 1.165) is 40.6 Å². The van der Waals surface area contributed by atoms with Crippen molar-refractivity contribution in [1.29, 1.82) is 0 Å². The number of aromatic amines is 1. The summed E-state index contributed by atoms with van der Waals surface area (Å²) in [6.07, 6.45) is 3.45. The summed E-state index contributed by atoms with van der Waals surface area (Å²) in [5.74, 6) is -1.11. The van der Waals surface area contributed by atoms with Crippen LogP contribution < -0.4 is 16.0 Å². The molecule has 9 heteroatoms. The number of benzene rings is 1. The zero-order valence-corrected chi connectivity index (χ0v) is 18.4. The molecule has 2 aliphatic rings. The Labute approximate surface area is 189 Å². The van der Waals surface area contributed by atoms with Crippen LogP contribution >= 0.6 is 11.3 Å². The van der Waals surface area contributed by atoms with Crippen molar-refractivity contribution in [2.45, 2.75) is 38.0 Å². The molecule has 0 spiro atoms. The van der Waals surface area contributed by atoms with Gasteiger partial charge in [0, 0.05) is 28.9 Å². The molecule has 0 aliphatic carbocycles. The number of thiophene rings is 1. The van der Waals surface area contributed by atoms with Gasteiger partial charge in [0.2, 0.25) is 0 Å². The van der Waals surface area contributed by atoms with Gasteiger partial charge in [-0.25, -0.2) is 4.79 Å². The molecule has 0 radical (unpaired) electrons. The number of carboxylic acids is 1. The van der Waals surface area contributed by atoms with Gasteiger partial charge in [0.1, 0.15) is 16.9 Å². The van der Waals surface area contributed by atoms with Crippen LogP contribution in [-0.4, -0.2) is 47.9 Å². The molecule has 4 heterocycles. The summed E-state index contributed by atoms with van der Waals surface area (Å²) in [6, 6.07) is 9.45. The van der Waals surface area contributed by atoms with E-state index in [4.69, 9.17) is 4.74 Å². The first-order valence-electron chi connectivity index (χ1n) is 11.0. The van der Waals surface area contributed by atoms with Crippen LogP contribution in [0.25, 0.3) is 10.9 Å². The average Bonchev–Trinajstić information content (AvgIpc) is 3.39. The van der Waals surface area contributed by atoms with Gasteiger partial charge >= 0.3 is 5.97 Å². The van der Waals surface area contributed by atoms with E-state index in [1.54, 1.807) is 0 Å². The molecule has 32 heavy (non-hydrogen) atoms. The van der Waals surface area contributed by atoms with E-state index in [2.05, 4.69) is 20.9 Å². The maximum Gasteiger partial charge on any atom is 0.338 e. The molecular formula is C23H26N4O4S. The normalized spacial score (nSPS) is 20.6. The number of nitrogens with one attached hydrogen (secondary N) is 4. The van der Waals surface area contributed by atoms with Gasteiger partial charge < -0.3 is 30.8 Å². The Morgan fingerprint density at radius 3 is 2.91 bits per heavy atom. The molecule has 0 saturated carbocycles. The van der Waals surface area contributed by atoms with Gasteiger partial charge in [0.15, 0.2) is 0 Å². The second kappa shape index (κ2) is 8.93. The summed E-state index contributed by atoms with van der Waals surface area (Å²) in [4.78, 5) is 28.9. The summed E-state index contributed by atoms with van der Waals surface area (Å²) in [5.41, 5.74) is 2.62. The highest BCUT2D eigenvalue weighted by Gasteiger charge is 2.31. The minimum absolute atomic E-state index is 0.141. The molecule has 8 nitrogen and oxygen atoms in total. The lowest BCUT2D eigenvalue weighted by Gasteiger charge is -2.24. The van der Waals surface area contributed by atoms with Crippen molar-refractivity contribution in [3.05, 3.63) is 52.0 Å². The lowest BCUT2D eigenvalue weighted by molar-refractivity contribution is 0.0344. The summed E-state index contributed by atoms with van der Waals surface area (Å²) in [6.45, 7) is 1.73. The van der Waals surface area contributed by atoms with E-state index in [1.807, 2.05) is 30.3 Å². The molecule has 1 aromatic carbocycles. The highest BCUT2D eigenvalue weighted by Crippen LogP contribution is 2.40. The molecule has 2 atom stereocenters. The Bertz CT molecular complexity index is 1120. The Morgan fingerprint density at radius 2 is 2.12 bits per heavy atom. The van der Waals surface area contributed by atoms with Gasteiger partial charge in [0.25, 0.3) is 5.91 Å². The molecule has 1 amide bonds. The fourth-order valence-corrected chi connectivity index (χ4v) is 5.81. The van der Waals surface area contributed by atoms with Gasteiger partial charge in [-0.1, -0.05) is 18.2 Å². The Hall–Kier alpha value is -2.88. The Balaban J connectivity index is 1.33. The summed E-state index contributed by atoms with van der Waals surface area (Å²) < 4.78 is 5.75. The van der Waals surface area contributed by atoms with Crippen LogP contribution in [0.15, 0.2) is 30.3 Å². The predicted octanol–water partition coefficient (Wildman–Crippen LogP) is 3.48.